The Balaban J connectivity index is 1.36. The van der Waals surface area contributed by atoms with Gasteiger partial charge in [-0.05, 0) is 23.1 Å². The molecule has 0 spiro atoms. The molecule has 0 aliphatic carbocycles. The van der Waals surface area contributed by atoms with Gasteiger partial charge in [0.25, 0.3) is 5.91 Å². The standard InChI is InChI=1S/C24H26N2O3S/c27-24(18-29-22-10-5-4-9-20(22)19-7-2-1-3-8-19)25-17-21(23-11-6-16-30-23)26-12-14-28-15-13-26/h1-11,16,21H,12-15,17-18H2,(H,25,27)/t21-/m0/s1. The number of thiophene rings is 1. The molecule has 1 atom stereocenters. The molecule has 1 N–H and O–H groups in total. The number of ether oxygens (including phenoxy) is 2. The Morgan fingerprint density at radius 1 is 1.03 bits per heavy atom. The minimum absolute atomic E-state index is 0.00980. The first-order valence-electron chi connectivity index (χ1n) is 10.2. The third-order valence-corrected chi connectivity index (χ3v) is 6.15. The molecule has 5 nitrogen and oxygen atoms in total. The van der Waals surface area contributed by atoms with Crippen molar-refractivity contribution < 1.29 is 14.3 Å². The van der Waals surface area contributed by atoms with E-state index in [2.05, 4.69) is 27.7 Å². The lowest BCUT2D eigenvalue weighted by atomic mass is 10.1. The number of carbonyl (C=O) groups excluding carboxylic acids is 1. The van der Waals surface area contributed by atoms with Gasteiger partial charge in [-0.1, -0.05) is 54.6 Å². The molecule has 1 aliphatic rings. The Kier molecular flexibility index (Phi) is 7.13. The van der Waals surface area contributed by atoms with Crippen molar-refractivity contribution in [2.75, 3.05) is 39.5 Å². The molecule has 1 aromatic heterocycles. The lowest BCUT2D eigenvalue weighted by Gasteiger charge is -2.34. The molecule has 0 unspecified atom stereocenters. The van der Waals surface area contributed by atoms with Crippen molar-refractivity contribution in [3.63, 3.8) is 0 Å². The van der Waals surface area contributed by atoms with E-state index in [-0.39, 0.29) is 18.6 Å². The molecule has 1 fully saturated rings. The lowest BCUT2D eigenvalue weighted by Crippen LogP contribution is -2.44. The van der Waals surface area contributed by atoms with Crippen LogP contribution in [0.1, 0.15) is 10.9 Å². The van der Waals surface area contributed by atoms with Crippen LogP contribution in [0, 0.1) is 0 Å². The zero-order valence-electron chi connectivity index (χ0n) is 16.8. The smallest absolute Gasteiger partial charge is 0.258 e. The minimum Gasteiger partial charge on any atom is -0.483 e. The van der Waals surface area contributed by atoms with Gasteiger partial charge in [0.15, 0.2) is 6.61 Å². The molecule has 2 aromatic carbocycles. The van der Waals surface area contributed by atoms with Crippen LogP contribution in [-0.4, -0.2) is 50.3 Å². The molecule has 1 aliphatic heterocycles. The van der Waals surface area contributed by atoms with Crippen molar-refractivity contribution in [1.29, 1.82) is 0 Å². The summed E-state index contributed by atoms with van der Waals surface area (Å²) in [6, 6.07) is 22.2. The first-order chi connectivity index (χ1) is 14.8. The summed E-state index contributed by atoms with van der Waals surface area (Å²) < 4.78 is 11.4. The zero-order valence-corrected chi connectivity index (χ0v) is 17.6. The number of carbonyl (C=O) groups is 1. The van der Waals surface area contributed by atoms with E-state index in [9.17, 15) is 4.79 Å². The van der Waals surface area contributed by atoms with Gasteiger partial charge in [-0.3, -0.25) is 9.69 Å². The summed E-state index contributed by atoms with van der Waals surface area (Å²) in [4.78, 5) is 16.2. The summed E-state index contributed by atoms with van der Waals surface area (Å²) in [5, 5.41) is 5.14. The number of nitrogens with one attached hydrogen (secondary N) is 1. The fourth-order valence-electron chi connectivity index (χ4n) is 3.63. The number of nitrogens with zero attached hydrogens (tertiary/aromatic N) is 1. The van der Waals surface area contributed by atoms with Crippen molar-refractivity contribution in [3.05, 3.63) is 77.0 Å². The second-order valence-corrected chi connectivity index (χ2v) is 8.11. The van der Waals surface area contributed by atoms with Gasteiger partial charge in [-0.2, -0.15) is 0 Å². The SMILES string of the molecule is O=C(COc1ccccc1-c1ccccc1)NC[C@@H](c1cccs1)N1CCOCC1. The molecular formula is C24H26N2O3S. The highest BCUT2D eigenvalue weighted by atomic mass is 32.1. The highest BCUT2D eigenvalue weighted by Gasteiger charge is 2.24. The van der Waals surface area contributed by atoms with E-state index >= 15 is 0 Å². The van der Waals surface area contributed by atoms with Gasteiger partial charge in [0.05, 0.1) is 19.3 Å². The minimum atomic E-state index is -0.118. The summed E-state index contributed by atoms with van der Waals surface area (Å²) in [7, 11) is 0. The number of morpholine rings is 1. The van der Waals surface area contributed by atoms with Crippen LogP contribution in [0.4, 0.5) is 0 Å². The second-order valence-electron chi connectivity index (χ2n) is 7.13. The van der Waals surface area contributed by atoms with E-state index in [1.54, 1.807) is 11.3 Å². The van der Waals surface area contributed by atoms with E-state index in [1.165, 1.54) is 4.88 Å². The largest absolute Gasteiger partial charge is 0.483 e. The van der Waals surface area contributed by atoms with Gasteiger partial charge in [0, 0.05) is 30.1 Å². The Labute approximate surface area is 181 Å². The zero-order chi connectivity index (χ0) is 20.6. The molecule has 3 aromatic rings. The molecule has 0 radical (unpaired) electrons. The van der Waals surface area contributed by atoms with Crippen LogP contribution < -0.4 is 10.1 Å². The summed E-state index contributed by atoms with van der Waals surface area (Å²) in [5.41, 5.74) is 2.05. The summed E-state index contributed by atoms with van der Waals surface area (Å²) in [6.07, 6.45) is 0. The Morgan fingerprint density at radius 3 is 2.57 bits per heavy atom. The number of para-hydroxylation sites is 1. The third kappa shape index (κ3) is 5.27. The molecule has 0 saturated carbocycles. The van der Waals surface area contributed by atoms with Crippen LogP contribution in [-0.2, 0) is 9.53 Å². The first kappa shape index (κ1) is 20.6. The average molecular weight is 423 g/mol. The number of amides is 1. The van der Waals surface area contributed by atoms with Crippen molar-refractivity contribution in [2.45, 2.75) is 6.04 Å². The number of rotatable bonds is 8. The van der Waals surface area contributed by atoms with E-state index in [0.29, 0.717) is 12.3 Å². The van der Waals surface area contributed by atoms with Crippen LogP contribution in [0.25, 0.3) is 11.1 Å². The molecule has 30 heavy (non-hydrogen) atoms. The van der Waals surface area contributed by atoms with Gasteiger partial charge >= 0.3 is 0 Å². The van der Waals surface area contributed by atoms with E-state index in [4.69, 9.17) is 9.47 Å². The topological polar surface area (TPSA) is 50.8 Å². The quantitative estimate of drug-likeness (QED) is 0.597. The monoisotopic (exact) mass is 422 g/mol. The Bertz CT molecular complexity index is 925. The molecule has 156 valence electrons. The fraction of sp³-hybridized carbons (Fsp3) is 0.292. The first-order valence-corrected chi connectivity index (χ1v) is 11.1. The molecule has 6 heteroatoms. The van der Waals surface area contributed by atoms with Gasteiger partial charge < -0.3 is 14.8 Å². The number of hydrogen-bond acceptors (Lipinski definition) is 5. The molecule has 2 heterocycles. The maximum Gasteiger partial charge on any atom is 0.258 e. The van der Waals surface area contributed by atoms with Crippen molar-refractivity contribution in [3.8, 4) is 16.9 Å². The predicted octanol–water partition coefficient (Wildman–Crippen LogP) is 3.98. The predicted molar refractivity (Wildman–Crippen MR) is 120 cm³/mol. The normalized spacial score (nSPS) is 15.5. The van der Waals surface area contributed by atoms with E-state index in [0.717, 1.165) is 37.4 Å². The van der Waals surface area contributed by atoms with E-state index < -0.39 is 0 Å². The Hall–Kier alpha value is -2.67. The molecule has 1 saturated heterocycles. The number of benzene rings is 2. The highest BCUT2D eigenvalue weighted by Crippen LogP contribution is 2.29. The maximum atomic E-state index is 12.5. The fourth-order valence-corrected chi connectivity index (χ4v) is 4.49. The van der Waals surface area contributed by atoms with Gasteiger partial charge in [-0.25, -0.2) is 0 Å². The highest BCUT2D eigenvalue weighted by molar-refractivity contribution is 7.10. The van der Waals surface area contributed by atoms with Crippen molar-refractivity contribution >= 4 is 17.2 Å². The third-order valence-electron chi connectivity index (χ3n) is 5.18. The van der Waals surface area contributed by atoms with Crippen LogP contribution in [0.3, 0.4) is 0 Å². The summed E-state index contributed by atoms with van der Waals surface area (Å²) in [5.74, 6) is 0.592. The van der Waals surface area contributed by atoms with Crippen molar-refractivity contribution in [1.82, 2.24) is 10.2 Å². The van der Waals surface area contributed by atoms with E-state index in [1.807, 2.05) is 54.6 Å². The Morgan fingerprint density at radius 2 is 1.80 bits per heavy atom. The summed E-state index contributed by atoms with van der Waals surface area (Å²) in [6.45, 7) is 3.76. The molecule has 0 bridgehead atoms. The van der Waals surface area contributed by atoms with Gasteiger partial charge in [0.2, 0.25) is 0 Å². The molecule has 4 rings (SSSR count). The second kappa shape index (κ2) is 10.4. The maximum absolute atomic E-state index is 12.5. The molecule has 1 amide bonds. The average Bonchev–Trinajstić information content (AvgIpc) is 3.34. The van der Waals surface area contributed by atoms with Gasteiger partial charge in [0.1, 0.15) is 5.75 Å². The van der Waals surface area contributed by atoms with Gasteiger partial charge in [-0.15, -0.1) is 11.3 Å². The molecular weight excluding hydrogens is 396 g/mol. The van der Waals surface area contributed by atoms with Crippen LogP contribution in [0.2, 0.25) is 0 Å². The van der Waals surface area contributed by atoms with Crippen LogP contribution >= 0.6 is 11.3 Å². The number of hydrogen-bond donors (Lipinski definition) is 1. The van der Waals surface area contributed by atoms with Crippen molar-refractivity contribution in [2.24, 2.45) is 0 Å². The summed E-state index contributed by atoms with van der Waals surface area (Å²) >= 11 is 1.72. The van der Waals surface area contributed by atoms with Crippen LogP contribution in [0.5, 0.6) is 5.75 Å². The van der Waals surface area contributed by atoms with Crippen LogP contribution in [0.15, 0.2) is 72.1 Å². The lowest BCUT2D eigenvalue weighted by molar-refractivity contribution is -0.123.